The zero-order valence-corrected chi connectivity index (χ0v) is 12.6. The SMILES string of the molecule is Cc1ccc(-n2c(SCCC#N)nc3ccccc32)cc1. The van der Waals surface area contributed by atoms with Crippen LogP contribution in [0.4, 0.5) is 0 Å². The van der Waals surface area contributed by atoms with Crippen molar-refractivity contribution in [2.75, 3.05) is 5.75 Å². The molecule has 0 radical (unpaired) electrons. The smallest absolute Gasteiger partial charge is 0.173 e. The van der Waals surface area contributed by atoms with E-state index >= 15 is 0 Å². The van der Waals surface area contributed by atoms with Crippen molar-refractivity contribution in [3.63, 3.8) is 0 Å². The van der Waals surface area contributed by atoms with Crippen LogP contribution in [-0.2, 0) is 0 Å². The number of nitrogens with zero attached hydrogens (tertiary/aromatic N) is 3. The van der Waals surface area contributed by atoms with Crippen molar-refractivity contribution in [3.8, 4) is 11.8 Å². The van der Waals surface area contributed by atoms with Crippen molar-refractivity contribution in [1.82, 2.24) is 9.55 Å². The number of nitriles is 1. The first-order valence-corrected chi connectivity index (χ1v) is 7.82. The Bertz CT molecular complexity index is 797. The molecule has 0 aliphatic rings. The van der Waals surface area contributed by atoms with E-state index in [2.05, 4.69) is 47.9 Å². The lowest BCUT2D eigenvalue weighted by Crippen LogP contribution is -1.96. The summed E-state index contributed by atoms with van der Waals surface area (Å²) in [6, 6.07) is 18.7. The summed E-state index contributed by atoms with van der Waals surface area (Å²) in [5, 5.41) is 9.65. The minimum Gasteiger partial charge on any atom is -0.287 e. The van der Waals surface area contributed by atoms with Gasteiger partial charge in [0.2, 0.25) is 0 Å². The molecule has 1 heterocycles. The van der Waals surface area contributed by atoms with Gasteiger partial charge in [0.05, 0.1) is 17.1 Å². The summed E-state index contributed by atoms with van der Waals surface area (Å²) in [7, 11) is 0. The van der Waals surface area contributed by atoms with Gasteiger partial charge in [-0.2, -0.15) is 5.26 Å². The van der Waals surface area contributed by atoms with Crippen LogP contribution in [0, 0.1) is 18.3 Å². The summed E-state index contributed by atoms with van der Waals surface area (Å²) in [5.74, 6) is 0.756. The van der Waals surface area contributed by atoms with Crippen LogP contribution in [0.1, 0.15) is 12.0 Å². The Morgan fingerprint density at radius 2 is 1.90 bits per heavy atom. The maximum Gasteiger partial charge on any atom is 0.173 e. The lowest BCUT2D eigenvalue weighted by Gasteiger charge is -2.08. The van der Waals surface area contributed by atoms with E-state index in [1.54, 1.807) is 11.8 Å². The van der Waals surface area contributed by atoms with Gasteiger partial charge in [-0.25, -0.2) is 4.98 Å². The lowest BCUT2D eigenvalue weighted by molar-refractivity contribution is 0.918. The molecular formula is C17H15N3S. The van der Waals surface area contributed by atoms with Gasteiger partial charge >= 0.3 is 0 Å². The van der Waals surface area contributed by atoms with E-state index in [9.17, 15) is 0 Å². The van der Waals surface area contributed by atoms with Crippen LogP contribution in [0.3, 0.4) is 0 Å². The molecule has 0 saturated carbocycles. The van der Waals surface area contributed by atoms with Gasteiger partial charge < -0.3 is 0 Å². The molecule has 0 atom stereocenters. The highest BCUT2D eigenvalue weighted by Gasteiger charge is 2.12. The molecule has 0 N–H and O–H groups in total. The predicted molar refractivity (Wildman–Crippen MR) is 86.8 cm³/mol. The molecular weight excluding hydrogens is 278 g/mol. The zero-order chi connectivity index (χ0) is 14.7. The van der Waals surface area contributed by atoms with Gasteiger partial charge in [0.1, 0.15) is 0 Å². The van der Waals surface area contributed by atoms with Crippen molar-refractivity contribution in [2.45, 2.75) is 18.5 Å². The Morgan fingerprint density at radius 1 is 1.14 bits per heavy atom. The van der Waals surface area contributed by atoms with Crippen molar-refractivity contribution < 1.29 is 0 Å². The second kappa shape index (κ2) is 6.02. The summed E-state index contributed by atoms with van der Waals surface area (Å²) in [5.41, 5.74) is 4.42. The van der Waals surface area contributed by atoms with Gasteiger partial charge in [-0.15, -0.1) is 0 Å². The zero-order valence-electron chi connectivity index (χ0n) is 11.8. The number of aromatic nitrogens is 2. The molecule has 1 aromatic heterocycles. The summed E-state index contributed by atoms with van der Waals surface area (Å²) >= 11 is 1.63. The van der Waals surface area contributed by atoms with Crippen LogP contribution < -0.4 is 0 Å². The molecule has 104 valence electrons. The van der Waals surface area contributed by atoms with E-state index < -0.39 is 0 Å². The minimum absolute atomic E-state index is 0.530. The highest BCUT2D eigenvalue weighted by Crippen LogP contribution is 2.28. The largest absolute Gasteiger partial charge is 0.287 e. The average molecular weight is 293 g/mol. The predicted octanol–water partition coefficient (Wildman–Crippen LogP) is 4.34. The topological polar surface area (TPSA) is 41.6 Å². The number of imidazole rings is 1. The van der Waals surface area contributed by atoms with E-state index in [4.69, 9.17) is 10.2 Å². The third-order valence-electron chi connectivity index (χ3n) is 3.27. The van der Waals surface area contributed by atoms with E-state index in [0.717, 1.165) is 27.6 Å². The molecule has 0 fully saturated rings. The van der Waals surface area contributed by atoms with Gasteiger partial charge in [0.25, 0.3) is 0 Å². The van der Waals surface area contributed by atoms with Crippen molar-refractivity contribution in [3.05, 3.63) is 54.1 Å². The first-order chi connectivity index (χ1) is 10.3. The molecule has 3 rings (SSSR count). The fourth-order valence-electron chi connectivity index (χ4n) is 2.23. The molecule has 2 aromatic carbocycles. The Balaban J connectivity index is 2.11. The van der Waals surface area contributed by atoms with Gasteiger partial charge in [0, 0.05) is 17.9 Å². The molecule has 0 saturated heterocycles. The Labute approximate surface area is 128 Å². The number of rotatable bonds is 4. The van der Waals surface area contributed by atoms with Crippen LogP contribution in [0.5, 0.6) is 0 Å². The molecule has 0 spiro atoms. The van der Waals surface area contributed by atoms with Gasteiger partial charge in [-0.3, -0.25) is 4.57 Å². The monoisotopic (exact) mass is 293 g/mol. The molecule has 0 aliphatic heterocycles. The third kappa shape index (κ3) is 2.79. The third-order valence-corrected chi connectivity index (χ3v) is 4.21. The number of aryl methyl sites for hydroxylation is 1. The first-order valence-electron chi connectivity index (χ1n) is 6.84. The highest BCUT2D eigenvalue weighted by atomic mass is 32.2. The van der Waals surface area contributed by atoms with Crippen LogP contribution in [0.15, 0.2) is 53.7 Å². The second-order valence-electron chi connectivity index (χ2n) is 4.81. The quantitative estimate of drug-likeness (QED) is 0.531. The Kier molecular flexibility index (Phi) is 3.94. The highest BCUT2D eigenvalue weighted by molar-refractivity contribution is 7.99. The van der Waals surface area contributed by atoms with Crippen molar-refractivity contribution >= 4 is 22.8 Å². The molecule has 0 bridgehead atoms. The minimum atomic E-state index is 0.530. The number of hydrogen-bond acceptors (Lipinski definition) is 3. The molecule has 0 aliphatic carbocycles. The summed E-state index contributed by atoms with van der Waals surface area (Å²) < 4.78 is 2.16. The normalized spacial score (nSPS) is 10.7. The summed E-state index contributed by atoms with van der Waals surface area (Å²) in [6.45, 7) is 2.08. The Hall–Kier alpha value is -2.25. The number of thioether (sulfide) groups is 1. The molecule has 3 aromatic rings. The van der Waals surface area contributed by atoms with Crippen LogP contribution in [-0.4, -0.2) is 15.3 Å². The maximum absolute atomic E-state index is 8.71. The van der Waals surface area contributed by atoms with E-state index in [1.807, 2.05) is 18.2 Å². The first kappa shape index (κ1) is 13.7. The lowest BCUT2D eigenvalue weighted by atomic mass is 10.2. The molecule has 21 heavy (non-hydrogen) atoms. The average Bonchev–Trinajstić information content (AvgIpc) is 2.87. The van der Waals surface area contributed by atoms with Crippen LogP contribution >= 0.6 is 11.8 Å². The maximum atomic E-state index is 8.71. The standard InChI is InChI=1S/C17H15N3S/c1-13-7-9-14(10-8-13)20-16-6-3-2-5-15(16)19-17(20)21-12-4-11-18/h2-3,5-10H,4,12H2,1H3. The summed E-state index contributed by atoms with van der Waals surface area (Å²) in [4.78, 5) is 4.70. The second-order valence-corrected chi connectivity index (χ2v) is 5.87. The van der Waals surface area contributed by atoms with E-state index in [0.29, 0.717) is 6.42 Å². The van der Waals surface area contributed by atoms with Gasteiger partial charge in [-0.1, -0.05) is 41.6 Å². The van der Waals surface area contributed by atoms with E-state index in [1.165, 1.54) is 5.56 Å². The molecule has 0 amide bonds. The molecule has 3 nitrogen and oxygen atoms in total. The Morgan fingerprint density at radius 3 is 2.67 bits per heavy atom. The fourth-order valence-corrected chi connectivity index (χ4v) is 3.10. The van der Waals surface area contributed by atoms with Crippen LogP contribution in [0.2, 0.25) is 0 Å². The van der Waals surface area contributed by atoms with Crippen molar-refractivity contribution in [2.24, 2.45) is 0 Å². The van der Waals surface area contributed by atoms with E-state index in [-0.39, 0.29) is 0 Å². The number of fused-ring (bicyclic) bond motifs is 1. The molecule has 0 unspecified atom stereocenters. The van der Waals surface area contributed by atoms with Crippen molar-refractivity contribution in [1.29, 1.82) is 5.26 Å². The molecule has 4 heteroatoms. The number of hydrogen-bond donors (Lipinski definition) is 0. The number of benzene rings is 2. The summed E-state index contributed by atoms with van der Waals surface area (Å²) in [6.07, 6.45) is 0.530. The fraction of sp³-hybridized carbons (Fsp3) is 0.176. The van der Waals surface area contributed by atoms with Gasteiger partial charge in [-0.05, 0) is 31.2 Å². The number of para-hydroxylation sites is 2. The van der Waals surface area contributed by atoms with Crippen LogP contribution in [0.25, 0.3) is 16.7 Å². The van der Waals surface area contributed by atoms with Gasteiger partial charge in [0.15, 0.2) is 5.16 Å².